The highest BCUT2D eigenvalue weighted by atomic mass is 16.5. The second-order valence-corrected chi connectivity index (χ2v) is 6.83. The molecular weight excluding hydrogens is 326 g/mol. The first-order chi connectivity index (χ1) is 12.7. The van der Waals surface area contributed by atoms with E-state index in [1.807, 2.05) is 12.1 Å². The zero-order chi connectivity index (χ0) is 18.4. The first kappa shape index (κ1) is 18.6. The van der Waals surface area contributed by atoms with Crippen molar-refractivity contribution >= 4 is 0 Å². The summed E-state index contributed by atoms with van der Waals surface area (Å²) in [5.41, 5.74) is 3.71. The second kappa shape index (κ2) is 8.95. The van der Waals surface area contributed by atoms with Crippen molar-refractivity contribution in [2.75, 3.05) is 13.7 Å². The quantitative estimate of drug-likeness (QED) is 0.673. The molecule has 0 fully saturated rings. The minimum atomic E-state index is 0.285. The molecule has 140 valence electrons. The van der Waals surface area contributed by atoms with Crippen LogP contribution in [0.4, 0.5) is 0 Å². The maximum atomic E-state index is 5.99. The van der Waals surface area contributed by atoms with Gasteiger partial charge in [0.15, 0.2) is 11.5 Å². The number of hydrogen-bond acceptors (Lipinski definition) is 4. The molecule has 1 unspecified atom stereocenters. The molecule has 0 amide bonds. The van der Waals surface area contributed by atoms with Gasteiger partial charge < -0.3 is 19.5 Å². The minimum Gasteiger partial charge on any atom is -0.493 e. The van der Waals surface area contributed by atoms with Crippen LogP contribution in [0.2, 0.25) is 0 Å². The van der Waals surface area contributed by atoms with E-state index in [9.17, 15) is 0 Å². The van der Waals surface area contributed by atoms with E-state index in [1.165, 1.54) is 11.1 Å². The maximum Gasteiger partial charge on any atom is 0.165 e. The lowest BCUT2D eigenvalue weighted by molar-refractivity contribution is 0.254. The Kier molecular flexibility index (Phi) is 6.40. The minimum absolute atomic E-state index is 0.285. The van der Waals surface area contributed by atoms with E-state index in [-0.39, 0.29) is 6.10 Å². The summed E-state index contributed by atoms with van der Waals surface area (Å²) in [5.74, 6) is 2.68. The molecule has 0 saturated carbocycles. The summed E-state index contributed by atoms with van der Waals surface area (Å²) in [6, 6.07) is 12.5. The SMILES string of the molecule is CCCCOc1c(CNCc2ccc3c(c2)CC(C)O3)cccc1OC. The molecule has 0 aliphatic carbocycles. The van der Waals surface area contributed by atoms with Crippen LogP contribution in [0.25, 0.3) is 0 Å². The molecule has 1 atom stereocenters. The molecule has 1 N–H and O–H groups in total. The first-order valence-electron chi connectivity index (χ1n) is 9.49. The molecule has 0 radical (unpaired) electrons. The number of para-hydroxylation sites is 1. The summed E-state index contributed by atoms with van der Waals surface area (Å²) < 4.78 is 17.2. The van der Waals surface area contributed by atoms with Crippen LogP contribution in [0.1, 0.15) is 43.4 Å². The zero-order valence-electron chi connectivity index (χ0n) is 16.0. The van der Waals surface area contributed by atoms with Gasteiger partial charge in [-0.2, -0.15) is 0 Å². The fraction of sp³-hybridized carbons (Fsp3) is 0.455. The third kappa shape index (κ3) is 4.50. The van der Waals surface area contributed by atoms with Crippen LogP contribution in [0.5, 0.6) is 17.2 Å². The fourth-order valence-corrected chi connectivity index (χ4v) is 3.27. The number of rotatable bonds is 9. The van der Waals surface area contributed by atoms with E-state index in [0.29, 0.717) is 6.61 Å². The van der Waals surface area contributed by atoms with Gasteiger partial charge in [0, 0.05) is 25.1 Å². The average molecular weight is 355 g/mol. The Bertz CT molecular complexity index is 729. The Labute approximate surface area is 156 Å². The Morgan fingerprint density at radius 3 is 2.88 bits per heavy atom. The van der Waals surface area contributed by atoms with E-state index in [1.54, 1.807) is 7.11 Å². The van der Waals surface area contributed by atoms with E-state index in [0.717, 1.165) is 55.2 Å². The molecule has 0 spiro atoms. The van der Waals surface area contributed by atoms with Crippen molar-refractivity contribution in [1.29, 1.82) is 0 Å². The average Bonchev–Trinajstić information content (AvgIpc) is 3.02. The number of fused-ring (bicyclic) bond motifs is 1. The Hall–Kier alpha value is -2.20. The summed E-state index contributed by atoms with van der Waals surface area (Å²) in [7, 11) is 1.69. The van der Waals surface area contributed by atoms with Gasteiger partial charge >= 0.3 is 0 Å². The van der Waals surface area contributed by atoms with Crippen molar-refractivity contribution in [3.63, 3.8) is 0 Å². The molecule has 0 saturated heterocycles. The van der Waals surface area contributed by atoms with Crippen molar-refractivity contribution < 1.29 is 14.2 Å². The van der Waals surface area contributed by atoms with Crippen molar-refractivity contribution in [3.8, 4) is 17.2 Å². The van der Waals surface area contributed by atoms with Gasteiger partial charge in [-0.3, -0.25) is 0 Å². The van der Waals surface area contributed by atoms with Crippen LogP contribution in [0.3, 0.4) is 0 Å². The topological polar surface area (TPSA) is 39.7 Å². The smallest absolute Gasteiger partial charge is 0.165 e. The van der Waals surface area contributed by atoms with Crippen LogP contribution >= 0.6 is 0 Å². The molecule has 2 aromatic rings. The van der Waals surface area contributed by atoms with Crippen LogP contribution < -0.4 is 19.5 Å². The van der Waals surface area contributed by atoms with Crippen LogP contribution in [0.15, 0.2) is 36.4 Å². The maximum absolute atomic E-state index is 5.99. The Morgan fingerprint density at radius 1 is 1.19 bits per heavy atom. The number of unbranched alkanes of at least 4 members (excludes halogenated alkanes) is 1. The highest BCUT2D eigenvalue weighted by Crippen LogP contribution is 2.32. The zero-order valence-corrected chi connectivity index (χ0v) is 16.0. The van der Waals surface area contributed by atoms with Gasteiger partial charge in [-0.1, -0.05) is 37.6 Å². The van der Waals surface area contributed by atoms with Crippen molar-refractivity contribution in [1.82, 2.24) is 5.32 Å². The molecule has 2 aromatic carbocycles. The largest absolute Gasteiger partial charge is 0.493 e. The number of nitrogens with one attached hydrogen (secondary N) is 1. The standard InChI is InChI=1S/C22H29NO3/c1-4-5-11-25-22-18(7-6-8-21(22)24-3)15-23-14-17-9-10-20-19(13-17)12-16(2)26-20/h6-10,13,16,23H,4-5,11-12,14-15H2,1-3H3. The Morgan fingerprint density at radius 2 is 2.08 bits per heavy atom. The van der Waals surface area contributed by atoms with Gasteiger partial charge in [0.25, 0.3) is 0 Å². The third-order valence-corrected chi connectivity index (χ3v) is 4.63. The summed E-state index contributed by atoms with van der Waals surface area (Å²) in [5, 5.41) is 3.53. The number of benzene rings is 2. The van der Waals surface area contributed by atoms with Gasteiger partial charge in [0.2, 0.25) is 0 Å². The van der Waals surface area contributed by atoms with Crippen molar-refractivity contribution in [2.45, 2.75) is 52.3 Å². The molecule has 4 heteroatoms. The normalized spacial score (nSPS) is 15.4. The van der Waals surface area contributed by atoms with Gasteiger partial charge in [-0.25, -0.2) is 0 Å². The highest BCUT2D eigenvalue weighted by Gasteiger charge is 2.18. The van der Waals surface area contributed by atoms with Crippen LogP contribution in [-0.2, 0) is 19.5 Å². The molecule has 0 aromatic heterocycles. The Balaban J connectivity index is 1.62. The molecule has 1 aliphatic rings. The molecule has 1 aliphatic heterocycles. The highest BCUT2D eigenvalue weighted by molar-refractivity contribution is 5.46. The molecular formula is C22H29NO3. The first-order valence-corrected chi connectivity index (χ1v) is 9.49. The molecule has 26 heavy (non-hydrogen) atoms. The fourth-order valence-electron chi connectivity index (χ4n) is 3.27. The summed E-state index contributed by atoms with van der Waals surface area (Å²) in [6.07, 6.45) is 3.44. The summed E-state index contributed by atoms with van der Waals surface area (Å²) in [4.78, 5) is 0. The second-order valence-electron chi connectivity index (χ2n) is 6.83. The van der Waals surface area contributed by atoms with Gasteiger partial charge in [-0.15, -0.1) is 0 Å². The van der Waals surface area contributed by atoms with Crippen molar-refractivity contribution in [2.24, 2.45) is 0 Å². The van der Waals surface area contributed by atoms with Gasteiger partial charge in [0.1, 0.15) is 11.9 Å². The summed E-state index contributed by atoms with van der Waals surface area (Å²) >= 11 is 0. The molecule has 0 bridgehead atoms. The molecule has 1 heterocycles. The molecule has 4 nitrogen and oxygen atoms in total. The van der Waals surface area contributed by atoms with Gasteiger partial charge in [0.05, 0.1) is 13.7 Å². The summed E-state index contributed by atoms with van der Waals surface area (Å²) in [6.45, 7) is 6.54. The molecule has 3 rings (SSSR count). The van der Waals surface area contributed by atoms with Gasteiger partial charge in [-0.05, 0) is 36.6 Å². The lowest BCUT2D eigenvalue weighted by Gasteiger charge is -2.15. The van der Waals surface area contributed by atoms with Crippen LogP contribution in [0, 0.1) is 0 Å². The lowest BCUT2D eigenvalue weighted by atomic mass is 10.1. The predicted octanol–water partition coefficient (Wildman–Crippen LogP) is 4.49. The lowest BCUT2D eigenvalue weighted by Crippen LogP contribution is -2.14. The van der Waals surface area contributed by atoms with E-state index < -0.39 is 0 Å². The van der Waals surface area contributed by atoms with E-state index in [4.69, 9.17) is 14.2 Å². The van der Waals surface area contributed by atoms with E-state index in [2.05, 4.69) is 43.4 Å². The third-order valence-electron chi connectivity index (χ3n) is 4.63. The number of hydrogen-bond donors (Lipinski definition) is 1. The monoisotopic (exact) mass is 355 g/mol. The van der Waals surface area contributed by atoms with Crippen LogP contribution in [-0.4, -0.2) is 19.8 Å². The number of methoxy groups -OCH3 is 1. The predicted molar refractivity (Wildman–Crippen MR) is 104 cm³/mol. The van der Waals surface area contributed by atoms with E-state index >= 15 is 0 Å². The number of ether oxygens (including phenoxy) is 3. The van der Waals surface area contributed by atoms with Crippen molar-refractivity contribution in [3.05, 3.63) is 53.1 Å².